The largest absolute Gasteiger partial charge is 0.330 e. The first-order valence-corrected chi connectivity index (χ1v) is 4.74. The minimum absolute atomic E-state index is 0.0693. The zero-order valence-electron chi connectivity index (χ0n) is 6.93. The van der Waals surface area contributed by atoms with Crippen molar-refractivity contribution in [1.29, 1.82) is 0 Å². The Kier molecular flexibility index (Phi) is 3.81. The molecule has 1 unspecified atom stereocenters. The van der Waals surface area contributed by atoms with E-state index < -0.39 is 12.0 Å². The van der Waals surface area contributed by atoms with E-state index in [4.69, 9.17) is 5.73 Å². The van der Waals surface area contributed by atoms with Crippen LogP contribution < -0.4 is 5.73 Å². The van der Waals surface area contributed by atoms with Crippen LogP contribution in [0.1, 0.15) is 18.2 Å². The van der Waals surface area contributed by atoms with Gasteiger partial charge in [-0.25, -0.2) is 8.78 Å². The Balaban J connectivity index is 2.93. The molecule has 1 atom stereocenters. The Hall–Kier alpha value is -0.480. The SMILES string of the molecule is NCCC(F)c1cccc(Br)c1F. The maximum atomic E-state index is 13.2. The summed E-state index contributed by atoms with van der Waals surface area (Å²) in [7, 11) is 0. The van der Waals surface area contributed by atoms with Crippen molar-refractivity contribution >= 4 is 15.9 Å². The van der Waals surface area contributed by atoms with E-state index in [0.29, 0.717) is 0 Å². The van der Waals surface area contributed by atoms with Crippen LogP contribution in [-0.2, 0) is 0 Å². The first kappa shape index (κ1) is 10.6. The number of hydrogen-bond acceptors (Lipinski definition) is 1. The van der Waals surface area contributed by atoms with Crippen molar-refractivity contribution in [3.05, 3.63) is 34.1 Å². The van der Waals surface area contributed by atoms with Crippen LogP contribution in [0.4, 0.5) is 8.78 Å². The van der Waals surface area contributed by atoms with Crippen molar-refractivity contribution in [2.75, 3.05) is 6.54 Å². The van der Waals surface area contributed by atoms with E-state index in [2.05, 4.69) is 15.9 Å². The number of benzene rings is 1. The first-order valence-electron chi connectivity index (χ1n) is 3.95. The van der Waals surface area contributed by atoms with Gasteiger partial charge in [0.15, 0.2) is 0 Å². The molecule has 2 N–H and O–H groups in total. The molecule has 0 saturated heterocycles. The summed E-state index contributed by atoms with van der Waals surface area (Å²) >= 11 is 2.99. The third kappa shape index (κ3) is 2.48. The van der Waals surface area contributed by atoms with Gasteiger partial charge in [0, 0.05) is 5.56 Å². The first-order chi connectivity index (χ1) is 6.16. The lowest BCUT2D eigenvalue weighted by molar-refractivity contribution is 0.317. The van der Waals surface area contributed by atoms with E-state index in [-0.39, 0.29) is 23.0 Å². The standard InChI is InChI=1S/C9H10BrF2N/c10-7-3-1-2-6(9(7)12)8(11)4-5-13/h1-3,8H,4-5,13H2. The molecule has 0 amide bonds. The summed E-state index contributed by atoms with van der Waals surface area (Å²) in [6.45, 7) is 0.215. The molecule has 72 valence electrons. The molecule has 13 heavy (non-hydrogen) atoms. The fraction of sp³-hybridized carbons (Fsp3) is 0.333. The molecule has 0 saturated carbocycles. The molecule has 0 aromatic heterocycles. The van der Waals surface area contributed by atoms with Crippen molar-refractivity contribution in [3.8, 4) is 0 Å². The Labute approximate surface area is 84.1 Å². The van der Waals surface area contributed by atoms with Crippen LogP contribution in [0.3, 0.4) is 0 Å². The van der Waals surface area contributed by atoms with Gasteiger partial charge in [0.2, 0.25) is 0 Å². The summed E-state index contributed by atoms with van der Waals surface area (Å²) in [6, 6.07) is 4.57. The summed E-state index contributed by atoms with van der Waals surface area (Å²) in [4.78, 5) is 0. The highest BCUT2D eigenvalue weighted by Gasteiger charge is 2.15. The zero-order valence-corrected chi connectivity index (χ0v) is 8.52. The van der Waals surface area contributed by atoms with E-state index in [0.717, 1.165) is 0 Å². The van der Waals surface area contributed by atoms with Crippen LogP contribution in [0, 0.1) is 5.82 Å². The van der Waals surface area contributed by atoms with Crippen molar-refractivity contribution in [1.82, 2.24) is 0 Å². The minimum Gasteiger partial charge on any atom is -0.330 e. The van der Waals surface area contributed by atoms with Gasteiger partial charge in [-0.2, -0.15) is 0 Å². The summed E-state index contributed by atoms with van der Waals surface area (Å²) in [5.74, 6) is -0.538. The van der Waals surface area contributed by atoms with Gasteiger partial charge in [-0.3, -0.25) is 0 Å². The lowest BCUT2D eigenvalue weighted by Gasteiger charge is -2.08. The fourth-order valence-corrected chi connectivity index (χ4v) is 1.45. The second kappa shape index (κ2) is 4.67. The third-order valence-corrected chi connectivity index (χ3v) is 2.35. The normalized spacial score (nSPS) is 12.9. The summed E-state index contributed by atoms with van der Waals surface area (Å²) in [6.07, 6.45) is -1.17. The molecular formula is C9H10BrF2N. The van der Waals surface area contributed by atoms with Crippen LogP contribution in [0.15, 0.2) is 22.7 Å². The molecule has 1 rings (SSSR count). The van der Waals surface area contributed by atoms with Gasteiger partial charge in [0.25, 0.3) is 0 Å². The molecule has 4 heteroatoms. The smallest absolute Gasteiger partial charge is 0.143 e. The quantitative estimate of drug-likeness (QED) is 0.876. The molecule has 1 aromatic rings. The van der Waals surface area contributed by atoms with Gasteiger partial charge < -0.3 is 5.73 Å². The van der Waals surface area contributed by atoms with Crippen molar-refractivity contribution in [3.63, 3.8) is 0 Å². The third-order valence-electron chi connectivity index (χ3n) is 1.74. The Morgan fingerprint density at radius 3 is 2.77 bits per heavy atom. The highest BCUT2D eigenvalue weighted by Crippen LogP contribution is 2.27. The van der Waals surface area contributed by atoms with Gasteiger partial charge in [-0.05, 0) is 35.0 Å². The van der Waals surface area contributed by atoms with Crippen LogP contribution in [0.5, 0.6) is 0 Å². The lowest BCUT2D eigenvalue weighted by atomic mass is 10.1. The second-order valence-electron chi connectivity index (χ2n) is 2.69. The summed E-state index contributed by atoms with van der Waals surface area (Å²) < 4.78 is 26.8. The highest BCUT2D eigenvalue weighted by atomic mass is 79.9. The van der Waals surface area contributed by atoms with Crippen molar-refractivity contribution in [2.24, 2.45) is 5.73 Å². The maximum absolute atomic E-state index is 13.2. The Morgan fingerprint density at radius 1 is 1.46 bits per heavy atom. The van der Waals surface area contributed by atoms with Gasteiger partial charge in [-0.1, -0.05) is 12.1 Å². The topological polar surface area (TPSA) is 26.0 Å². The molecule has 0 spiro atoms. The molecular weight excluding hydrogens is 240 g/mol. The fourth-order valence-electron chi connectivity index (χ4n) is 1.06. The monoisotopic (exact) mass is 249 g/mol. The number of halogens is 3. The molecule has 0 aliphatic rings. The molecule has 0 aliphatic heterocycles. The molecule has 1 aromatic carbocycles. The second-order valence-corrected chi connectivity index (χ2v) is 3.54. The van der Waals surface area contributed by atoms with Crippen LogP contribution >= 0.6 is 15.9 Å². The molecule has 0 fully saturated rings. The van der Waals surface area contributed by atoms with Crippen LogP contribution in [0.2, 0.25) is 0 Å². The van der Waals surface area contributed by atoms with Crippen molar-refractivity contribution < 1.29 is 8.78 Å². The molecule has 0 heterocycles. The van der Waals surface area contributed by atoms with E-state index in [1.54, 1.807) is 6.07 Å². The molecule has 0 aliphatic carbocycles. The summed E-state index contributed by atoms with van der Waals surface area (Å²) in [5.41, 5.74) is 5.25. The summed E-state index contributed by atoms with van der Waals surface area (Å²) in [5, 5.41) is 0. The average molecular weight is 250 g/mol. The zero-order chi connectivity index (χ0) is 9.84. The Bertz CT molecular complexity index is 291. The van der Waals surface area contributed by atoms with E-state index >= 15 is 0 Å². The van der Waals surface area contributed by atoms with E-state index in [1.165, 1.54) is 12.1 Å². The lowest BCUT2D eigenvalue weighted by Crippen LogP contribution is -2.05. The average Bonchev–Trinajstić information content (AvgIpc) is 2.10. The number of nitrogens with two attached hydrogens (primary N) is 1. The highest BCUT2D eigenvalue weighted by molar-refractivity contribution is 9.10. The minimum atomic E-state index is -1.32. The molecule has 1 nitrogen and oxygen atoms in total. The van der Waals surface area contributed by atoms with Crippen LogP contribution in [-0.4, -0.2) is 6.54 Å². The Morgan fingerprint density at radius 2 is 2.15 bits per heavy atom. The van der Waals surface area contributed by atoms with Gasteiger partial charge in [0.05, 0.1) is 4.47 Å². The predicted molar refractivity (Wildman–Crippen MR) is 51.6 cm³/mol. The maximum Gasteiger partial charge on any atom is 0.143 e. The number of rotatable bonds is 3. The van der Waals surface area contributed by atoms with Crippen LogP contribution in [0.25, 0.3) is 0 Å². The molecule has 0 radical (unpaired) electrons. The van der Waals surface area contributed by atoms with Gasteiger partial charge in [-0.15, -0.1) is 0 Å². The van der Waals surface area contributed by atoms with Crippen molar-refractivity contribution in [2.45, 2.75) is 12.6 Å². The predicted octanol–water partition coefficient (Wildman–Crippen LogP) is 2.95. The van der Waals surface area contributed by atoms with Gasteiger partial charge >= 0.3 is 0 Å². The van der Waals surface area contributed by atoms with Gasteiger partial charge in [0.1, 0.15) is 12.0 Å². The van der Waals surface area contributed by atoms with E-state index in [1.807, 2.05) is 0 Å². The number of alkyl halides is 1. The molecule has 0 bridgehead atoms. The van der Waals surface area contributed by atoms with E-state index in [9.17, 15) is 8.78 Å². The number of hydrogen-bond donors (Lipinski definition) is 1.